The molecule has 23 heavy (non-hydrogen) atoms. The number of hydrogen-bond donors (Lipinski definition) is 1. The summed E-state index contributed by atoms with van der Waals surface area (Å²) in [5.74, 6) is -0.897. The highest BCUT2D eigenvalue weighted by Gasteiger charge is 2.10. The summed E-state index contributed by atoms with van der Waals surface area (Å²) < 4.78 is 19.3. The predicted molar refractivity (Wildman–Crippen MR) is 91.4 cm³/mol. The second-order valence-electron chi connectivity index (χ2n) is 4.87. The van der Waals surface area contributed by atoms with Gasteiger partial charge in [0.25, 0.3) is 5.91 Å². The van der Waals surface area contributed by atoms with Crippen molar-refractivity contribution in [3.63, 3.8) is 0 Å². The van der Waals surface area contributed by atoms with E-state index >= 15 is 0 Å². The monoisotopic (exact) mass is 401 g/mol. The molecule has 124 valence electrons. The highest BCUT2D eigenvalue weighted by molar-refractivity contribution is 9.10. The Morgan fingerprint density at radius 1 is 1.39 bits per heavy atom. The Morgan fingerprint density at radius 2 is 2.22 bits per heavy atom. The standard InChI is InChI=1S/C15H17BrFN3O2S/c1-2-3-4-5-14-19-20-15(23-14)18-13(21)9-22-12-7-6-10(16)8-11(12)17/h6-8H,2-5,9H2,1H3,(H,18,20,21). The van der Waals surface area contributed by atoms with Crippen molar-refractivity contribution >= 4 is 38.3 Å². The van der Waals surface area contributed by atoms with Crippen LogP contribution in [0.25, 0.3) is 0 Å². The molecule has 0 spiro atoms. The second-order valence-corrected chi connectivity index (χ2v) is 6.85. The molecule has 1 heterocycles. The van der Waals surface area contributed by atoms with Gasteiger partial charge in [-0.1, -0.05) is 47.0 Å². The van der Waals surface area contributed by atoms with Crippen LogP contribution in [-0.4, -0.2) is 22.7 Å². The average Bonchev–Trinajstić information content (AvgIpc) is 2.94. The van der Waals surface area contributed by atoms with Gasteiger partial charge in [-0.25, -0.2) is 4.39 Å². The van der Waals surface area contributed by atoms with Crippen LogP contribution in [-0.2, 0) is 11.2 Å². The van der Waals surface area contributed by atoms with Gasteiger partial charge in [0.15, 0.2) is 18.2 Å². The molecule has 0 aliphatic heterocycles. The van der Waals surface area contributed by atoms with Crippen LogP contribution < -0.4 is 10.1 Å². The molecule has 0 fully saturated rings. The zero-order chi connectivity index (χ0) is 16.7. The van der Waals surface area contributed by atoms with Crippen LogP contribution in [0.3, 0.4) is 0 Å². The van der Waals surface area contributed by atoms with Crippen molar-refractivity contribution in [2.45, 2.75) is 32.6 Å². The van der Waals surface area contributed by atoms with E-state index < -0.39 is 11.7 Å². The van der Waals surface area contributed by atoms with Crippen molar-refractivity contribution in [1.82, 2.24) is 10.2 Å². The van der Waals surface area contributed by atoms with Crippen molar-refractivity contribution < 1.29 is 13.9 Å². The number of unbranched alkanes of at least 4 members (excludes halogenated alkanes) is 2. The number of carbonyl (C=O) groups is 1. The Kier molecular flexibility index (Phi) is 6.91. The van der Waals surface area contributed by atoms with Crippen molar-refractivity contribution in [2.24, 2.45) is 0 Å². The third-order valence-electron chi connectivity index (χ3n) is 2.96. The molecular weight excluding hydrogens is 385 g/mol. The topological polar surface area (TPSA) is 64.1 Å². The molecule has 0 atom stereocenters. The van der Waals surface area contributed by atoms with Crippen LogP contribution in [0.1, 0.15) is 31.2 Å². The Labute approximate surface area is 146 Å². The molecule has 2 aromatic rings. The van der Waals surface area contributed by atoms with Gasteiger partial charge in [0.2, 0.25) is 5.13 Å². The molecular formula is C15H17BrFN3O2S. The summed E-state index contributed by atoms with van der Waals surface area (Å²) >= 11 is 4.51. The lowest BCUT2D eigenvalue weighted by atomic mass is 10.2. The van der Waals surface area contributed by atoms with Crippen LogP contribution in [0.5, 0.6) is 5.75 Å². The van der Waals surface area contributed by atoms with E-state index in [0.29, 0.717) is 9.60 Å². The zero-order valence-corrected chi connectivity index (χ0v) is 15.0. The van der Waals surface area contributed by atoms with Gasteiger partial charge in [0.05, 0.1) is 0 Å². The second kappa shape index (κ2) is 8.93. The Bertz CT molecular complexity index is 666. The zero-order valence-electron chi connectivity index (χ0n) is 12.6. The molecule has 1 amide bonds. The summed E-state index contributed by atoms with van der Waals surface area (Å²) in [6.45, 7) is 1.85. The molecule has 0 unspecified atom stereocenters. The molecule has 0 saturated carbocycles. The fraction of sp³-hybridized carbons (Fsp3) is 0.400. The SMILES string of the molecule is CCCCCc1nnc(NC(=O)COc2ccc(Br)cc2F)s1. The number of nitrogens with one attached hydrogen (secondary N) is 1. The first-order chi connectivity index (χ1) is 11.1. The first-order valence-electron chi connectivity index (χ1n) is 7.28. The lowest BCUT2D eigenvalue weighted by Gasteiger charge is -2.06. The maximum atomic E-state index is 13.6. The minimum absolute atomic E-state index is 0.0286. The fourth-order valence-corrected chi connectivity index (χ4v) is 2.95. The number of aromatic nitrogens is 2. The van der Waals surface area contributed by atoms with E-state index in [-0.39, 0.29) is 12.4 Å². The number of aryl methyl sites for hydroxylation is 1. The number of benzene rings is 1. The first-order valence-corrected chi connectivity index (χ1v) is 8.89. The van der Waals surface area contributed by atoms with Crippen molar-refractivity contribution in [2.75, 3.05) is 11.9 Å². The van der Waals surface area contributed by atoms with Crippen molar-refractivity contribution in [1.29, 1.82) is 0 Å². The number of amides is 1. The number of anilines is 1. The number of carbonyl (C=O) groups excluding carboxylic acids is 1. The molecule has 5 nitrogen and oxygen atoms in total. The largest absolute Gasteiger partial charge is 0.481 e. The van der Waals surface area contributed by atoms with Gasteiger partial charge < -0.3 is 4.74 Å². The molecule has 2 rings (SSSR count). The number of halogens is 2. The van der Waals surface area contributed by atoms with Crippen molar-refractivity contribution in [3.8, 4) is 5.75 Å². The number of ether oxygens (including phenoxy) is 1. The van der Waals surface area contributed by atoms with E-state index in [9.17, 15) is 9.18 Å². The van der Waals surface area contributed by atoms with Crippen LogP contribution in [0.2, 0.25) is 0 Å². The Balaban J connectivity index is 1.80. The van der Waals surface area contributed by atoms with Crippen LogP contribution in [0.4, 0.5) is 9.52 Å². The maximum Gasteiger partial charge on any atom is 0.264 e. The summed E-state index contributed by atoms with van der Waals surface area (Å²) in [5.41, 5.74) is 0. The minimum atomic E-state index is -0.527. The third-order valence-corrected chi connectivity index (χ3v) is 4.35. The molecule has 0 aliphatic carbocycles. The van der Waals surface area contributed by atoms with Gasteiger partial charge >= 0.3 is 0 Å². The summed E-state index contributed by atoms with van der Waals surface area (Å²) in [6, 6.07) is 4.38. The lowest BCUT2D eigenvalue weighted by molar-refractivity contribution is -0.118. The number of hydrogen-bond acceptors (Lipinski definition) is 5. The quantitative estimate of drug-likeness (QED) is 0.673. The van der Waals surface area contributed by atoms with E-state index in [1.165, 1.54) is 23.5 Å². The normalized spacial score (nSPS) is 10.6. The molecule has 1 aromatic carbocycles. The average molecular weight is 402 g/mol. The van der Waals surface area contributed by atoms with E-state index in [1.54, 1.807) is 6.07 Å². The van der Waals surface area contributed by atoms with Gasteiger partial charge in [-0.05, 0) is 24.6 Å². The summed E-state index contributed by atoms with van der Waals surface area (Å²) in [7, 11) is 0. The van der Waals surface area contributed by atoms with Gasteiger partial charge in [0, 0.05) is 10.9 Å². The minimum Gasteiger partial charge on any atom is -0.481 e. The Hall–Kier alpha value is -1.54. The molecule has 1 aromatic heterocycles. The number of nitrogens with zero attached hydrogens (tertiary/aromatic N) is 2. The van der Waals surface area contributed by atoms with E-state index in [0.717, 1.165) is 30.7 Å². The smallest absolute Gasteiger partial charge is 0.264 e. The summed E-state index contributed by atoms with van der Waals surface area (Å²) in [4.78, 5) is 11.8. The van der Waals surface area contributed by atoms with Gasteiger partial charge in [-0.2, -0.15) is 0 Å². The predicted octanol–water partition coefficient (Wildman–Crippen LogP) is 4.19. The molecule has 0 bridgehead atoms. The van der Waals surface area contributed by atoms with Crippen molar-refractivity contribution in [3.05, 3.63) is 33.5 Å². The molecule has 8 heteroatoms. The fourth-order valence-electron chi connectivity index (χ4n) is 1.82. The molecule has 0 aliphatic rings. The first kappa shape index (κ1) is 17.8. The van der Waals surface area contributed by atoms with Crippen LogP contribution >= 0.6 is 27.3 Å². The maximum absolute atomic E-state index is 13.6. The highest BCUT2D eigenvalue weighted by atomic mass is 79.9. The summed E-state index contributed by atoms with van der Waals surface area (Å²) in [5, 5.41) is 11.9. The van der Waals surface area contributed by atoms with Gasteiger partial charge in [-0.3, -0.25) is 10.1 Å². The van der Waals surface area contributed by atoms with E-state index in [2.05, 4.69) is 38.4 Å². The summed E-state index contributed by atoms with van der Waals surface area (Å²) in [6.07, 6.45) is 4.22. The highest BCUT2D eigenvalue weighted by Crippen LogP contribution is 2.21. The van der Waals surface area contributed by atoms with Gasteiger partial charge in [0.1, 0.15) is 5.01 Å². The molecule has 0 radical (unpaired) electrons. The number of rotatable bonds is 8. The third kappa shape index (κ3) is 5.87. The van der Waals surface area contributed by atoms with Crippen LogP contribution in [0, 0.1) is 5.82 Å². The van der Waals surface area contributed by atoms with Gasteiger partial charge in [-0.15, -0.1) is 10.2 Å². The lowest BCUT2D eigenvalue weighted by Crippen LogP contribution is -2.20. The molecule has 1 N–H and O–H groups in total. The Morgan fingerprint density at radius 3 is 2.96 bits per heavy atom. The van der Waals surface area contributed by atoms with Crippen LogP contribution in [0.15, 0.2) is 22.7 Å². The van der Waals surface area contributed by atoms with E-state index in [1.807, 2.05) is 0 Å². The molecule has 0 saturated heterocycles. The van der Waals surface area contributed by atoms with E-state index in [4.69, 9.17) is 4.74 Å².